The molecule has 0 radical (unpaired) electrons. The third kappa shape index (κ3) is 5.03. The van der Waals surface area contributed by atoms with Crippen LogP contribution in [0.25, 0.3) is 0 Å². The van der Waals surface area contributed by atoms with Crippen molar-refractivity contribution in [2.24, 2.45) is 5.92 Å². The number of carbonyl (C=O) groups excluding carboxylic acids is 2. The van der Waals surface area contributed by atoms with Crippen molar-refractivity contribution in [3.8, 4) is 0 Å². The second-order valence-corrected chi connectivity index (χ2v) is 6.65. The average Bonchev–Trinajstić information content (AvgIpc) is 2.70. The molecule has 94 valence electrons. The molecule has 0 aliphatic heterocycles. The van der Waals surface area contributed by atoms with Gasteiger partial charge in [0, 0.05) is 24.4 Å². The second-order valence-electron chi connectivity index (χ2n) is 3.84. The first kappa shape index (κ1) is 14.4. The highest BCUT2D eigenvalue weighted by molar-refractivity contribution is 14.1. The second kappa shape index (κ2) is 6.95. The van der Waals surface area contributed by atoms with Crippen LogP contribution in [0.3, 0.4) is 0 Å². The minimum Gasteiger partial charge on any atom is -0.354 e. The zero-order chi connectivity index (χ0) is 12.8. The number of hydrogen-bond donors (Lipinski definition) is 2. The van der Waals surface area contributed by atoms with Gasteiger partial charge in [0.25, 0.3) is 5.91 Å². The topological polar surface area (TPSA) is 58.2 Å². The maximum atomic E-state index is 11.6. The predicted molar refractivity (Wildman–Crippen MR) is 77.2 cm³/mol. The van der Waals surface area contributed by atoms with Crippen molar-refractivity contribution in [2.75, 3.05) is 13.1 Å². The summed E-state index contributed by atoms with van der Waals surface area (Å²) in [6.07, 6.45) is 0. The van der Waals surface area contributed by atoms with Crippen LogP contribution < -0.4 is 10.6 Å². The number of halogens is 1. The molecule has 0 bridgehead atoms. The number of carbonyl (C=O) groups is 2. The molecule has 0 aromatic carbocycles. The quantitative estimate of drug-likeness (QED) is 0.617. The van der Waals surface area contributed by atoms with Crippen LogP contribution in [-0.2, 0) is 4.79 Å². The Labute approximate surface area is 118 Å². The van der Waals surface area contributed by atoms with Crippen LogP contribution in [-0.4, -0.2) is 24.9 Å². The zero-order valence-corrected chi connectivity index (χ0v) is 12.7. The number of rotatable bonds is 5. The van der Waals surface area contributed by atoms with Crippen molar-refractivity contribution in [3.63, 3.8) is 0 Å². The normalized spacial score (nSPS) is 10.4. The summed E-state index contributed by atoms with van der Waals surface area (Å²) in [6.45, 7) is 4.58. The van der Waals surface area contributed by atoms with Gasteiger partial charge >= 0.3 is 0 Å². The maximum Gasteiger partial charge on any atom is 0.252 e. The Balaban J connectivity index is 2.23. The van der Waals surface area contributed by atoms with Gasteiger partial charge in [-0.25, -0.2) is 0 Å². The van der Waals surface area contributed by atoms with Crippen LogP contribution in [0.1, 0.15) is 24.2 Å². The molecule has 0 aliphatic carbocycles. The maximum absolute atomic E-state index is 11.6. The lowest BCUT2D eigenvalue weighted by molar-refractivity contribution is -0.123. The Kier molecular flexibility index (Phi) is 5.90. The van der Waals surface area contributed by atoms with Gasteiger partial charge in [-0.1, -0.05) is 13.8 Å². The number of hydrogen-bond acceptors (Lipinski definition) is 3. The summed E-state index contributed by atoms with van der Waals surface area (Å²) in [5, 5.41) is 7.32. The third-order valence-electron chi connectivity index (χ3n) is 2.06. The molecule has 1 rings (SSSR count). The Hall–Kier alpha value is -0.630. The summed E-state index contributed by atoms with van der Waals surface area (Å²) >= 11 is 3.71. The molecule has 1 heterocycles. The van der Waals surface area contributed by atoms with E-state index in [9.17, 15) is 9.59 Å². The minimum absolute atomic E-state index is 0.00401. The van der Waals surface area contributed by atoms with E-state index in [-0.39, 0.29) is 17.7 Å². The molecule has 0 aliphatic rings. The van der Waals surface area contributed by atoms with E-state index in [1.54, 1.807) is 0 Å². The van der Waals surface area contributed by atoms with Gasteiger partial charge in [0.05, 0.1) is 8.45 Å². The van der Waals surface area contributed by atoms with Gasteiger partial charge in [-0.2, -0.15) is 0 Å². The van der Waals surface area contributed by atoms with Gasteiger partial charge in [0.2, 0.25) is 5.91 Å². The zero-order valence-electron chi connectivity index (χ0n) is 9.75. The molecule has 1 aromatic heterocycles. The van der Waals surface area contributed by atoms with E-state index in [0.29, 0.717) is 18.7 Å². The fourth-order valence-corrected chi connectivity index (χ4v) is 2.42. The smallest absolute Gasteiger partial charge is 0.252 e. The Bertz CT molecular complexity index is 404. The van der Waals surface area contributed by atoms with Crippen molar-refractivity contribution < 1.29 is 9.59 Å². The Morgan fingerprint density at radius 1 is 1.35 bits per heavy atom. The molecular formula is C11H15IN2O2S. The van der Waals surface area contributed by atoms with Gasteiger partial charge in [0.1, 0.15) is 0 Å². The van der Waals surface area contributed by atoms with Crippen molar-refractivity contribution in [1.82, 2.24) is 10.6 Å². The highest BCUT2D eigenvalue weighted by Gasteiger charge is 2.08. The van der Waals surface area contributed by atoms with E-state index in [2.05, 4.69) is 33.2 Å². The largest absolute Gasteiger partial charge is 0.354 e. The lowest BCUT2D eigenvalue weighted by Crippen LogP contribution is -2.36. The fourth-order valence-electron chi connectivity index (χ4n) is 1.10. The van der Waals surface area contributed by atoms with E-state index in [0.717, 1.165) is 2.88 Å². The molecule has 2 N–H and O–H groups in total. The van der Waals surface area contributed by atoms with Gasteiger partial charge < -0.3 is 10.6 Å². The molecule has 0 fully saturated rings. The summed E-state index contributed by atoms with van der Waals surface area (Å²) in [6, 6.07) is 1.84. The van der Waals surface area contributed by atoms with E-state index in [4.69, 9.17) is 0 Å². The summed E-state index contributed by atoms with van der Waals surface area (Å²) in [5.41, 5.74) is 0.676. The first-order valence-corrected chi connectivity index (χ1v) is 7.26. The number of nitrogens with one attached hydrogen (secondary N) is 2. The van der Waals surface area contributed by atoms with Crippen LogP contribution in [0.2, 0.25) is 0 Å². The van der Waals surface area contributed by atoms with E-state index >= 15 is 0 Å². The fraction of sp³-hybridized carbons (Fsp3) is 0.455. The van der Waals surface area contributed by atoms with Crippen LogP contribution >= 0.6 is 33.9 Å². The molecule has 17 heavy (non-hydrogen) atoms. The minimum atomic E-state index is -0.0945. The molecule has 4 nitrogen and oxygen atoms in total. The third-order valence-corrected chi connectivity index (χ3v) is 3.85. The van der Waals surface area contributed by atoms with Crippen LogP contribution in [0.4, 0.5) is 0 Å². The molecule has 0 saturated heterocycles. The van der Waals surface area contributed by atoms with Crippen molar-refractivity contribution in [2.45, 2.75) is 13.8 Å². The molecule has 0 unspecified atom stereocenters. The van der Waals surface area contributed by atoms with E-state index in [1.807, 2.05) is 25.3 Å². The highest BCUT2D eigenvalue weighted by atomic mass is 127. The van der Waals surface area contributed by atoms with Crippen molar-refractivity contribution >= 4 is 45.7 Å². The van der Waals surface area contributed by atoms with Gasteiger partial charge in [-0.15, -0.1) is 11.3 Å². The lowest BCUT2D eigenvalue weighted by atomic mass is 10.2. The van der Waals surface area contributed by atoms with E-state index in [1.165, 1.54) is 11.3 Å². The van der Waals surface area contributed by atoms with Crippen molar-refractivity contribution in [3.05, 3.63) is 19.9 Å². The first-order chi connectivity index (χ1) is 8.00. The molecule has 1 aromatic rings. The predicted octanol–water partition coefficient (Wildman–Crippen LogP) is 1.85. The van der Waals surface area contributed by atoms with Crippen LogP contribution in [0.15, 0.2) is 11.4 Å². The van der Waals surface area contributed by atoms with Crippen LogP contribution in [0, 0.1) is 8.80 Å². The molecule has 0 atom stereocenters. The number of amides is 2. The Morgan fingerprint density at radius 2 is 2.00 bits per heavy atom. The lowest BCUT2D eigenvalue weighted by Gasteiger charge is -2.08. The summed E-state index contributed by atoms with van der Waals surface area (Å²) in [7, 11) is 0. The Morgan fingerprint density at radius 3 is 2.53 bits per heavy atom. The first-order valence-electron chi connectivity index (χ1n) is 5.30. The monoisotopic (exact) mass is 366 g/mol. The van der Waals surface area contributed by atoms with Crippen molar-refractivity contribution in [1.29, 1.82) is 0 Å². The summed E-state index contributed by atoms with van der Waals surface area (Å²) in [4.78, 5) is 22.9. The molecule has 0 saturated carbocycles. The van der Waals surface area contributed by atoms with Crippen LogP contribution in [0.5, 0.6) is 0 Å². The molecule has 6 heteroatoms. The van der Waals surface area contributed by atoms with Gasteiger partial charge in [0.15, 0.2) is 0 Å². The summed E-state index contributed by atoms with van der Waals surface area (Å²) < 4.78 is 1.08. The van der Waals surface area contributed by atoms with E-state index < -0.39 is 0 Å². The van der Waals surface area contributed by atoms with Gasteiger partial charge in [-0.05, 0) is 28.7 Å². The van der Waals surface area contributed by atoms with Gasteiger partial charge in [-0.3, -0.25) is 9.59 Å². The molecule has 0 spiro atoms. The average molecular weight is 366 g/mol. The molecule has 2 amide bonds. The molecular weight excluding hydrogens is 351 g/mol. The highest BCUT2D eigenvalue weighted by Crippen LogP contribution is 2.16. The SMILES string of the molecule is CC(C)C(=O)NCCNC(=O)c1csc(I)c1. The summed E-state index contributed by atoms with van der Waals surface area (Å²) in [5.74, 6) is -0.114. The standard InChI is InChI=1S/C11H15IN2O2S/c1-7(2)10(15)13-3-4-14-11(16)8-5-9(12)17-6-8/h5-7H,3-4H2,1-2H3,(H,13,15)(H,14,16). The number of thiophene rings is 1.